The molecule has 7 nitrogen and oxygen atoms in total. The summed E-state index contributed by atoms with van der Waals surface area (Å²) >= 11 is 0. The number of nitro groups is 1. The van der Waals surface area contributed by atoms with Crippen molar-refractivity contribution in [1.29, 1.82) is 0 Å². The van der Waals surface area contributed by atoms with Crippen molar-refractivity contribution in [2.75, 3.05) is 6.61 Å². The SMILES string of the molecule is CCOC(=O)C(C=Nc1ccc(F)cc1)C(=O)c1ccccc1[N+](=O)[O-]. The zero-order chi connectivity index (χ0) is 19.1. The minimum atomic E-state index is -1.46. The van der Waals surface area contributed by atoms with Crippen LogP contribution in [0.1, 0.15) is 17.3 Å². The fourth-order valence-corrected chi connectivity index (χ4v) is 2.16. The van der Waals surface area contributed by atoms with Gasteiger partial charge in [0.25, 0.3) is 5.69 Å². The summed E-state index contributed by atoms with van der Waals surface area (Å²) in [5.41, 5.74) is -0.320. The number of rotatable bonds is 7. The van der Waals surface area contributed by atoms with Gasteiger partial charge in [-0.1, -0.05) is 12.1 Å². The standard InChI is InChI=1S/C18H15FN2O5/c1-2-26-18(23)15(11-20-13-9-7-12(19)8-10-13)17(22)14-5-3-4-6-16(14)21(24)25/h3-11,15H,2H2,1H3. The molecule has 0 fully saturated rings. The molecule has 8 heteroatoms. The van der Waals surface area contributed by atoms with Crippen molar-refractivity contribution in [3.63, 3.8) is 0 Å². The van der Waals surface area contributed by atoms with Crippen LogP contribution in [0.3, 0.4) is 0 Å². The quantitative estimate of drug-likeness (QED) is 0.188. The number of hydrogen-bond donors (Lipinski definition) is 0. The Morgan fingerprint density at radius 3 is 2.50 bits per heavy atom. The molecule has 0 aromatic heterocycles. The predicted molar refractivity (Wildman–Crippen MR) is 92.1 cm³/mol. The van der Waals surface area contributed by atoms with Crippen molar-refractivity contribution in [3.05, 3.63) is 70.0 Å². The molecule has 0 radical (unpaired) electrons. The smallest absolute Gasteiger partial charge is 0.322 e. The van der Waals surface area contributed by atoms with E-state index in [1.807, 2.05) is 0 Å². The number of esters is 1. The van der Waals surface area contributed by atoms with Gasteiger partial charge >= 0.3 is 5.97 Å². The maximum absolute atomic E-state index is 12.9. The topological polar surface area (TPSA) is 98.9 Å². The van der Waals surface area contributed by atoms with E-state index in [1.165, 1.54) is 48.5 Å². The van der Waals surface area contributed by atoms with Crippen LogP contribution in [0, 0.1) is 21.8 Å². The summed E-state index contributed by atoms with van der Waals surface area (Å²) < 4.78 is 17.8. The second kappa shape index (κ2) is 8.61. The van der Waals surface area contributed by atoms with Crippen LogP contribution in [0.4, 0.5) is 15.8 Å². The van der Waals surface area contributed by atoms with Crippen LogP contribution in [0.2, 0.25) is 0 Å². The second-order valence-corrected chi connectivity index (χ2v) is 5.12. The molecule has 0 amide bonds. The minimum Gasteiger partial charge on any atom is -0.465 e. The highest BCUT2D eigenvalue weighted by molar-refractivity contribution is 6.20. The average molecular weight is 358 g/mol. The summed E-state index contributed by atoms with van der Waals surface area (Å²) in [6.45, 7) is 1.60. The maximum Gasteiger partial charge on any atom is 0.322 e. The largest absolute Gasteiger partial charge is 0.465 e. The van der Waals surface area contributed by atoms with Gasteiger partial charge < -0.3 is 4.74 Å². The maximum atomic E-state index is 12.9. The molecule has 0 heterocycles. The number of carbonyl (C=O) groups is 2. The summed E-state index contributed by atoms with van der Waals surface area (Å²) in [5, 5.41) is 11.1. The van der Waals surface area contributed by atoms with Crippen LogP contribution in [-0.4, -0.2) is 29.5 Å². The lowest BCUT2D eigenvalue weighted by Crippen LogP contribution is -2.28. The molecule has 2 aromatic carbocycles. The lowest BCUT2D eigenvalue weighted by atomic mass is 9.97. The number of carbonyl (C=O) groups excluding carboxylic acids is 2. The molecule has 0 N–H and O–H groups in total. The van der Waals surface area contributed by atoms with Crippen molar-refractivity contribution in [2.24, 2.45) is 10.9 Å². The average Bonchev–Trinajstić information content (AvgIpc) is 2.63. The summed E-state index contributed by atoms with van der Waals surface area (Å²) in [4.78, 5) is 39.3. The molecule has 0 aliphatic heterocycles. The molecule has 0 saturated heterocycles. The Morgan fingerprint density at radius 1 is 1.23 bits per heavy atom. The van der Waals surface area contributed by atoms with Crippen LogP contribution in [-0.2, 0) is 9.53 Å². The van der Waals surface area contributed by atoms with Gasteiger partial charge in [-0.2, -0.15) is 0 Å². The van der Waals surface area contributed by atoms with Gasteiger partial charge in [0.2, 0.25) is 0 Å². The highest BCUT2D eigenvalue weighted by atomic mass is 19.1. The van der Waals surface area contributed by atoms with Crippen LogP contribution >= 0.6 is 0 Å². The monoisotopic (exact) mass is 358 g/mol. The molecule has 0 bridgehead atoms. The van der Waals surface area contributed by atoms with E-state index in [0.29, 0.717) is 5.69 Å². The van der Waals surface area contributed by atoms with Crippen molar-refractivity contribution in [2.45, 2.75) is 6.92 Å². The minimum absolute atomic E-state index is 0.0316. The van der Waals surface area contributed by atoms with E-state index in [2.05, 4.69) is 4.99 Å². The molecule has 0 saturated carbocycles. The van der Waals surface area contributed by atoms with Crippen LogP contribution < -0.4 is 0 Å². The van der Waals surface area contributed by atoms with Crippen LogP contribution in [0.25, 0.3) is 0 Å². The van der Waals surface area contributed by atoms with E-state index in [9.17, 15) is 24.1 Å². The number of ketones is 1. The Hall–Kier alpha value is -3.42. The lowest BCUT2D eigenvalue weighted by Gasteiger charge is -2.10. The number of nitrogens with zero attached hydrogens (tertiary/aromatic N) is 2. The number of nitro benzene ring substituents is 1. The molecule has 134 valence electrons. The summed E-state index contributed by atoms with van der Waals surface area (Å²) in [5.74, 6) is -3.59. The van der Waals surface area contributed by atoms with E-state index < -0.39 is 34.1 Å². The first-order valence-corrected chi connectivity index (χ1v) is 7.68. The van der Waals surface area contributed by atoms with Gasteiger partial charge in [0.15, 0.2) is 11.7 Å². The van der Waals surface area contributed by atoms with E-state index in [1.54, 1.807) is 6.92 Å². The van der Waals surface area contributed by atoms with Gasteiger partial charge in [0.05, 0.1) is 22.8 Å². The number of benzene rings is 2. The van der Waals surface area contributed by atoms with Crippen LogP contribution in [0.5, 0.6) is 0 Å². The van der Waals surface area contributed by atoms with E-state index in [4.69, 9.17) is 4.74 Å². The molecular formula is C18H15FN2O5. The Kier molecular flexibility index (Phi) is 6.26. The Morgan fingerprint density at radius 2 is 1.88 bits per heavy atom. The zero-order valence-electron chi connectivity index (χ0n) is 13.8. The first kappa shape index (κ1) is 18.9. The molecule has 1 unspecified atom stereocenters. The normalized spacial score (nSPS) is 11.9. The number of hydrogen-bond acceptors (Lipinski definition) is 6. The zero-order valence-corrected chi connectivity index (χ0v) is 13.8. The first-order chi connectivity index (χ1) is 12.4. The molecule has 2 rings (SSSR count). The molecule has 0 aliphatic carbocycles. The van der Waals surface area contributed by atoms with E-state index in [-0.39, 0.29) is 12.2 Å². The first-order valence-electron chi connectivity index (χ1n) is 7.68. The highest BCUT2D eigenvalue weighted by Gasteiger charge is 2.31. The van der Waals surface area contributed by atoms with Crippen molar-refractivity contribution < 1.29 is 23.6 Å². The van der Waals surface area contributed by atoms with Gasteiger partial charge in [-0.15, -0.1) is 0 Å². The number of ether oxygens (including phenoxy) is 1. The molecule has 0 spiro atoms. The van der Waals surface area contributed by atoms with Crippen molar-refractivity contribution in [3.8, 4) is 0 Å². The van der Waals surface area contributed by atoms with Gasteiger partial charge in [0.1, 0.15) is 5.82 Å². The third-order valence-corrected chi connectivity index (χ3v) is 3.39. The van der Waals surface area contributed by atoms with Gasteiger partial charge in [0, 0.05) is 12.3 Å². The number of Topliss-reactive ketones (excluding diaryl/α,β-unsaturated/α-hetero) is 1. The van der Waals surface area contributed by atoms with E-state index in [0.717, 1.165) is 6.21 Å². The van der Waals surface area contributed by atoms with Crippen molar-refractivity contribution >= 4 is 29.3 Å². The molecule has 2 aromatic rings. The predicted octanol–water partition coefficient (Wildman–Crippen LogP) is 3.50. The third kappa shape index (κ3) is 4.56. The van der Waals surface area contributed by atoms with Crippen molar-refractivity contribution in [1.82, 2.24) is 0 Å². The summed E-state index contributed by atoms with van der Waals surface area (Å²) in [6.07, 6.45) is 1.05. The fourth-order valence-electron chi connectivity index (χ4n) is 2.16. The number of aliphatic imine (C=N–C) groups is 1. The Labute approximate surface area is 148 Å². The summed E-state index contributed by atoms with van der Waals surface area (Å²) in [6, 6.07) is 10.4. The lowest BCUT2D eigenvalue weighted by molar-refractivity contribution is -0.385. The Bertz CT molecular complexity index is 849. The summed E-state index contributed by atoms with van der Waals surface area (Å²) in [7, 11) is 0. The van der Waals surface area contributed by atoms with Gasteiger partial charge in [-0.3, -0.25) is 24.7 Å². The van der Waals surface area contributed by atoms with Gasteiger partial charge in [-0.25, -0.2) is 4.39 Å². The van der Waals surface area contributed by atoms with Crippen LogP contribution in [0.15, 0.2) is 53.5 Å². The molecule has 1 atom stereocenters. The Balaban J connectivity index is 2.38. The third-order valence-electron chi connectivity index (χ3n) is 3.39. The number of halogens is 1. The number of para-hydroxylation sites is 1. The molecule has 0 aliphatic rings. The second-order valence-electron chi connectivity index (χ2n) is 5.12. The van der Waals surface area contributed by atoms with Gasteiger partial charge in [-0.05, 0) is 37.3 Å². The fraction of sp³-hybridized carbons (Fsp3) is 0.167. The molecular weight excluding hydrogens is 343 g/mol. The highest BCUT2D eigenvalue weighted by Crippen LogP contribution is 2.22. The molecule has 26 heavy (non-hydrogen) atoms. The van der Waals surface area contributed by atoms with E-state index >= 15 is 0 Å².